The number of carbonyl (C=O) groups is 2. The summed E-state index contributed by atoms with van der Waals surface area (Å²) in [7, 11) is 0. The summed E-state index contributed by atoms with van der Waals surface area (Å²) < 4.78 is 5.31. The number of thioether (sulfide) groups is 1. The summed E-state index contributed by atoms with van der Waals surface area (Å²) in [4.78, 5) is 23.8. The van der Waals surface area contributed by atoms with Crippen LogP contribution in [-0.4, -0.2) is 45.1 Å². The molecule has 0 radical (unpaired) electrons. The summed E-state index contributed by atoms with van der Waals surface area (Å²) in [6.07, 6.45) is 0. The van der Waals surface area contributed by atoms with Crippen molar-refractivity contribution >= 4 is 57.5 Å². The van der Waals surface area contributed by atoms with E-state index < -0.39 is 5.97 Å². The lowest BCUT2D eigenvalue weighted by molar-refractivity contribution is -0.138. The van der Waals surface area contributed by atoms with Crippen LogP contribution in [0.25, 0.3) is 0 Å². The van der Waals surface area contributed by atoms with E-state index in [1.165, 1.54) is 16.7 Å². The first-order valence-electron chi connectivity index (χ1n) is 5.03. The lowest BCUT2D eigenvalue weighted by atomic mass is 10.4. The largest absolute Gasteiger partial charge is 0.460 e. The molecule has 1 heterocycles. The zero-order valence-electron chi connectivity index (χ0n) is 9.73. The van der Waals surface area contributed by atoms with Crippen LogP contribution in [0.2, 0.25) is 0 Å². The van der Waals surface area contributed by atoms with Gasteiger partial charge in [0, 0.05) is 5.57 Å². The molecule has 5 nitrogen and oxygen atoms in total. The second-order valence-corrected chi connectivity index (χ2v) is 5.43. The first-order chi connectivity index (χ1) is 8.43. The molecule has 0 aliphatic carbocycles. The highest BCUT2D eigenvalue weighted by Crippen LogP contribution is 2.19. The van der Waals surface area contributed by atoms with Crippen molar-refractivity contribution in [2.45, 2.75) is 6.92 Å². The molecule has 1 aliphatic heterocycles. The van der Waals surface area contributed by atoms with Crippen LogP contribution in [-0.2, 0) is 14.3 Å². The van der Waals surface area contributed by atoms with Gasteiger partial charge in [-0.1, -0.05) is 30.6 Å². The summed E-state index contributed by atoms with van der Waals surface area (Å²) in [6, 6.07) is 0. The molecule has 1 saturated heterocycles. The Balaban J connectivity index is 2.30. The fourth-order valence-corrected chi connectivity index (χ4v) is 2.53. The minimum atomic E-state index is -0.453. The van der Waals surface area contributed by atoms with Crippen LogP contribution >= 0.6 is 36.2 Å². The standard InChI is InChI=1S/C10H12N2O3S3/c1-6(2)8(14)15-4-3-11-9(16)12-7(13)5-18-10(12)17/h1,3-5H2,2H3,(H,11,16). The van der Waals surface area contributed by atoms with E-state index in [2.05, 4.69) is 11.9 Å². The molecule has 1 rings (SSSR count). The Morgan fingerprint density at radius 1 is 1.67 bits per heavy atom. The fraction of sp³-hybridized carbons (Fsp3) is 0.400. The van der Waals surface area contributed by atoms with E-state index in [0.717, 1.165) is 0 Å². The van der Waals surface area contributed by atoms with Crippen LogP contribution in [0, 0.1) is 0 Å². The molecule has 18 heavy (non-hydrogen) atoms. The summed E-state index contributed by atoms with van der Waals surface area (Å²) in [6.45, 7) is 5.49. The van der Waals surface area contributed by atoms with Crippen molar-refractivity contribution in [1.82, 2.24) is 10.2 Å². The molecule has 0 unspecified atom stereocenters. The highest BCUT2D eigenvalue weighted by molar-refractivity contribution is 8.24. The number of rotatable bonds is 4. The van der Waals surface area contributed by atoms with Gasteiger partial charge in [-0.2, -0.15) is 0 Å². The van der Waals surface area contributed by atoms with E-state index in [1.54, 1.807) is 6.92 Å². The maximum absolute atomic E-state index is 11.4. The highest BCUT2D eigenvalue weighted by Gasteiger charge is 2.29. The van der Waals surface area contributed by atoms with Gasteiger partial charge < -0.3 is 10.1 Å². The average Bonchev–Trinajstić information content (AvgIpc) is 2.63. The first-order valence-corrected chi connectivity index (χ1v) is 6.84. The Hall–Kier alpha value is -0.990. The van der Waals surface area contributed by atoms with E-state index in [-0.39, 0.29) is 17.6 Å². The van der Waals surface area contributed by atoms with Crippen LogP contribution < -0.4 is 5.32 Å². The number of nitrogens with one attached hydrogen (secondary N) is 1. The van der Waals surface area contributed by atoms with Crippen molar-refractivity contribution in [2.24, 2.45) is 0 Å². The zero-order valence-corrected chi connectivity index (χ0v) is 12.2. The summed E-state index contributed by atoms with van der Waals surface area (Å²) >= 11 is 11.3. The third-order valence-electron chi connectivity index (χ3n) is 1.91. The number of hydrogen-bond donors (Lipinski definition) is 1. The topological polar surface area (TPSA) is 58.6 Å². The normalized spacial score (nSPS) is 14.6. The Labute approximate surface area is 120 Å². The third-order valence-corrected chi connectivity index (χ3v) is 3.60. The van der Waals surface area contributed by atoms with Gasteiger partial charge in [0.25, 0.3) is 0 Å². The minimum absolute atomic E-state index is 0.138. The molecule has 0 bridgehead atoms. The van der Waals surface area contributed by atoms with Crippen LogP contribution in [0.3, 0.4) is 0 Å². The lowest BCUT2D eigenvalue weighted by Crippen LogP contribution is -2.43. The van der Waals surface area contributed by atoms with Crippen LogP contribution in [0.5, 0.6) is 0 Å². The van der Waals surface area contributed by atoms with Crippen LogP contribution in [0.4, 0.5) is 0 Å². The molecule has 1 amide bonds. The number of nitrogens with zero attached hydrogens (tertiary/aromatic N) is 1. The smallest absolute Gasteiger partial charge is 0.333 e. The lowest BCUT2D eigenvalue weighted by Gasteiger charge is -2.17. The Kier molecular flexibility index (Phi) is 5.70. The quantitative estimate of drug-likeness (QED) is 0.357. The number of carbonyl (C=O) groups excluding carboxylic acids is 2. The van der Waals surface area contributed by atoms with Crippen molar-refractivity contribution in [1.29, 1.82) is 0 Å². The van der Waals surface area contributed by atoms with E-state index in [0.29, 0.717) is 22.2 Å². The van der Waals surface area contributed by atoms with Gasteiger partial charge in [-0.3, -0.25) is 4.79 Å². The van der Waals surface area contributed by atoms with E-state index in [4.69, 9.17) is 29.2 Å². The molecule has 0 saturated carbocycles. The SMILES string of the molecule is C=C(C)C(=O)OCCNC(=S)N1C(=O)CSC1=S. The maximum atomic E-state index is 11.4. The predicted molar refractivity (Wildman–Crippen MR) is 78.3 cm³/mol. The first kappa shape index (κ1) is 15.1. The summed E-state index contributed by atoms with van der Waals surface area (Å²) in [5, 5.41) is 3.05. The molecule has 0 aromatic carbocycles. The van der Waals surface area contributed by atoms with Gasteiger partial charge in [-0.05, 0) is 19.1 Å². The zero-order chi connectivity index (χ0) is 13.7. The molecule has 1 fully saturated rings. The molecule has 0 aromatic rings. The van der Waals surface area contributed by atoms with Crippen molar-refractivity contribution in [3.63, 3.8) is 0 Å². The van der Waals surface area contributed by atoms with Crippen molar-refractivity contribution < 1.29 is 14.3 Å². The Morgan fingerprint density at radius 3 is 2.83 bits per heavy atom. The molecular weight excluding hydrogens is 292 g/mol. The van der Waals surface area contributed by atoms with Gasteiger partial charge in [0.05, 0.1) is 12.3 Å². The highest BCUT2D eigenvalue weighted by atomic mass is 32.2. The number of hydrogen-bond acceptors (Lipinski definition) is 6. The van der Waals surface area contributed by atoms with Crippen molar-refractivity contribution in [3.8, 4) is 0 Å². The summed E-state index contributed by atoms with van der Waals surface area (Å²) in [5.74, 6) is -0.279. The molecule has 1 aliphatic rings. The molecule has 0 atom stereocenters. The number of amides is 1. The molecule has 8 heteroatoms. The Morgan fingerprint density at radius 2 is 2.33 bits per heavy atom. The van der Waals surface area contributed by atoms with Gasteiger partial charge in [-0.25, -0.2) is 9.69 Å². The second kappa shape index (κ2) is 6.81. The second-order valence-electron chi connectivity index (χ2n) is 3.43. The minimum Gasteiger partial charge on any atom is -0.460 e. The van der Waals surface area contributed by atoms with Crippen LogP contribution in [0.1, 0.15) is 6.92 Å². The number of thiocarbonyl (C=S) groups is 2. The van der Waals surface area contributed by atoms with Gasteiger partial charge in [0.15, 0.2) is 5.11 Å². The maximum Gasteiger partial charge on any atom is 0.333 e. The monoisotopic (exact) mass is 304 g/mol. The third kappa shape index (κ3) is 4.04. The molecule has 0 aromatic heterocycles. The van der Waals surface area contributed by atoms with E-state index >= 15 is 0 Å². The average molecular weight is 304 g/mol. The molecular formula is C10H12N2O3S3. The number of esters is 1. The van der Waals surface area contributed by atoms with Gasteiger partial charge in [0.1, 0.15) is 10.9 Å². The molecule has 0 spiro atoms. The predicted octanol–water partition coefficient (Wildman–Crippen LogP) is 0.841. The van der Waals surface area contributed by atoms with Crippen LogP contribution in [0.15, 0.2) is 12.2 Å². The van der Waals surface area contributed by atoms with Gasteiger partial charge in [0.2, 0.25) is 5.91 Å². The Bertz CT molecular complexity index is 407. The van der Waals surface area contributed by atoms with E-state index in [9.17, 15) is 9.59 Å². The van der Waals surface area contributed by atoms with Crippen molar-refractivity contribution in [3.05, 3.63) is 12.2 Å². The van der Waals surface area contributed by atoms with Gasteiger partial charge in [-0.15, -0.1) is 0 Å². The van der Waals surface area contributed by atoms with E-state index in [1.807, 2.05) is 0 Å². The molecule has 98 valence electrons. The molecule has 1 N–H and O–H groups in total. The summed E-state index contributed by atoms with van der Waals surface area (Å²) in [5.41, 5.74) is 0.338. The number of ether oxygens (including phenoxy) is 1. The van der Waals surface area contributed by atoms with Gasteiger partial charge >= 0.3 is 5.97 Å². The fourth-order valence-electron chi connectivity index (χ4n) is 1.05. The van der Waals surface area contributed by atoms with Crippen molar-refractivity contribution in [2.75, 3.05) is 18.9 Å².